The summed E-state index contributed by atoms with van der Waals surface area (Å²) >= 11 is 9.32. The minimum atomic E-state index is -3.63. The summed E-state index contributed by atoms with van der Waals surface area (Å²) in [6.45, 7) is 1.32. The second-order valence-corrected chi connectivity index (χ2v) is 7.36. The average Bonchev–Trinajstić information content (AvgIpc) is 2.42. The predicted octanol–water partition coefficient (Wildman–Crippen LogP) is 3.04. The maximum atomic E-state index is 11.1. The highest BCUT2D eigenvalue weighted by molar-refractivity contribution is 9.10. The number of halogens is 2. The molecule has 2 aromatic carbocycles. The van der Waals surface area contributed by atoms with E-state index in [1.165, 1.54) is 12.1 Å². The Balaban J connectivity index is 1.93. The van der Waals surface area contributed by atoms with Gasteiger partial charge < -0.3 is 5.32 Å². The fraction of sp³-hybridized carbons (Fsp3) is 0.143. The van der Waals surface area contributed by atoms with E-state index in [9.17, 15) is 8.42 Å². The van der Waals surface area contributed by atoms with Crippen LogP contribution in [0.3, 0.4) is 0 Å². The fourth-order valence-corrected chi connectivity index (χ4v) is 2.86. The van der Waals surface area contributed by atoms with Crippen molar-refractivity contribution in [3.63, 3.8) is 0 Å². The standard InChI is InChI=1S/C14H14BrClN2O2S/c15-13-7-11(3-6-14(13)16)9-18-8-10-1-4-12(5-2-10)21(17,19)20/h1-7,18H,8-9H2,(H2,17,19,20). The molecule has 0 unspecified atom stereocenters. The van der Waals surface area contributed by atoms with Gasteiger partial charge in [0, 0.05) is 17.6 Å². The van der Waals surface area contributed by atoms with E-state index in [0.717, 1.165) is 15.6 Å². The number of sulfonamides is 1. The van der Waals surface area contributed by atoms with Crippen LogP contribution in [0.25, 0.3) is 0 Å². The van der Waals surface area contributed by atoms with Crippen molar-refractivity contribution in [2.45, 2.75) is 18.0 Å². The van der Waals surface area contributed by atoms with E-state index in [2.05, 4.69) is 21.2 Å². The number of nitrogens with one attached hydrogen (secondary N) is 1. The molecule has 0 radical (unpaired) electrons. The van der Waals surface area contributed by atoms with Gasteiger partial charge in [-0.25, -0.2) is 13.6 Å². The molecule has 112 valence electrons. The number of nitrogens with two attached hydrogens (primary N) is 1. The Morgan fingerprint density at radius 2 is 1.62 bits per heavy atom. The Bertz CT molecular complexity index is 733. The van der Waals surface area contributed by atoms with Crippen molar-refractivity contribution in [3.05, 3.63) is 63.1 Å². The summed E-state index contributed by atoms with van der Waals surface area (Å²) in [5, 5.41) is 9.01. The molecule has 0 bridgehead atoms. The Kier molecular flexibility index (Phi) is 5.40. The Labute approximate surface area is 137 Å². The summed E-state index contributed by atoms with van der Waals surface area (Å²) in [5.74, 6) is 0. The second-order valence-electron chi connectivity index (χ2n) is 4.54. The molecule has 0 aliphatic heterocycles. The van der Waals surface area contributed by atoms with Crippen LogP contribution in [0.5, 0.6) is 0 Å². The summed E-state index contributed by atoms with van der Waals surface area (Å²) in [6, 6.07) is 12.2. The maximum Gasteiger partial charge on any atom is 0.238 e. The molecule has 0 aliphatic carbocycles. The zero-order valence-electron chi connectivity index (χ0n) is 11.0. The Morgan fingerprint density at radius 1 is 1.05 bits per heavy atom. The van der Waals surface area contributed by atoms with Gasteiger partial charge in [-0.05, 0) is 51.3 Å². The van der Waals surface area contributed by atoms with Crippen molar-refractivity contribution < 1.29 is 8.42 Å². The Morgan fingerprint density at radius 3 is 2.19 bits per heavy atom. The molecule has 0 saturated heterocycles. The van der Waals surface area contributed by atoms with Gasteiger partial charge in [-0.2, -0.15) is 0 Å². The van der Waals surface area contributed by atoms with E-state index in [4.69, 9.17) is 16.7 Å². The molecule has 0 fully saturated rings. The third kappa shape index (κ3) is 4.79. The third-order valence-electron chi connectivity index (χ3n) is 2.89. The zero-order valence-corrected chi connectivity index (χ0v) is 14.2. The lowest BCUT2D eigenvalue weighted by Gasteiger charge is -2.07. The molecule has 21 heavy (non-hydrogen) atoms. The van der Waals surface area contributed by atoms with Crippen LogP contribution in [0.2, 0.25) is 5.02 Å². The molecule has 3 N–H and O–H groups in total. The van der Waals surface area contributed by atoms with Gasteiger partial charge in [0.1, 0.15) is 0 Å². The lowest BCUT2D eigenvalue weighted by molar-refractivity contribution is 0.597. The van der Waals surface area contributed by atoms with Crippen LogP contribution >= 0.6 is 27.5 Å². The monoisotopic (exact) mass is 388 g/mol. The topological polar surface area (TPSA) is 72.2 Å². The van der Waals surface area contributed by atoms with Crippen LogP contribution in [0.4, 0.5) is 0 Å². The average molecular weight is 390 g/mol. The molecule has 0 atom stereocenters. The minimum absolute atomic E-state index is 0.118. The first-order valence-corrected chi connectivity index (χ1v) is 8.84. The molecule has 0 heterocycles. The van der Waals surface area contributed by atoms with Crippen molar-refractivity contribution in [2.24, 2.45) is 5.14 Å². The van der Waals surface area contributed by atoms with Crippen LogP contribution in [-0.4, -0.2) is 8.42 Å². The first-order chi connectivity index (χ1) is 9.86. The van der Waals surface area contributed by atoms with Crippen LogP contribution in [0.15, 0.2) is 51.8 Å². The first kappa shape index (κ1) is 16.5. The smallest absolute Gasteiger partial charge is 0.238 e. The van der Waals surface area contributed by atoms with E-state index in [1.54, 1.807) is 12.1 Å². The lowest BCUT2D eigenvalue weighted by atomic mass is 10.2. The second kappa shape index (κ2) is 6.89. The summed E-state index contributed by atoms with van der Waals surface area (Å²) in [7, 11) is -3.63. The van der Waals surface area contributed by atoms with Gasteiger partial charge in [-0.15, -0.1) is 0 Å². The van der Waals surface area contributed by atoms with Gasteiger partial charge in [0.25, 0.3) is 0 Å². The number of rotatable bonds is 5. The summed E-state index contributed by atoms with van der Waals surface area (Å²) < 4.78 is 23.2. The van der Waals surface area contributed by atoms with Crippen LogP contribution in [0, 0.1) is 0 Å². The van der Waals surface area contributed by atoms with E-state index < -0.39 is 10.0 Å². The molecule has 2 rings (SSSR count). The maximum absolute atomic E-state index is 11.1. The van der Waals surface area contributed by atoms with Gasteiger partial charge in [-0.3, -0.25) is 0 Å². The summed E-state index contributed by atoms with van der Waals surface area (Å²) in [4.78, 5) is 0.118. The van der Waals surface area contributed by atoms with Crippen molar-refractivity contribution in [1.82, 2.24) is 5.32 Å². The number of hydrogen-bond acceptors (Lipinski definition) is 3. The van der Waals surface area contributed by atoms with Gasteiger partial charge in [-0.1, -0.05) is 29.8 Å². The van der Waals surface area contributed by atoms with E-state index >= 15 is 0 Å². The summed E-state index contributed by atoms with van der Waals surface area (Å²) in [5.41, 5.74) is 2.09. The van der Waals surface area contributed by atoms with Crippen molar-refractivity contribution in [3.8, 4) is 0 Å². The molecule has 0 aliphatic rings. The number of benzene rings is 2. The van der Waals surface area contributed by atoms with Gasteiger partial charge in [0.05, 0.1) is 9.92 Å². The number of primary sulfonamides is 1. The van der Waals surface area contributed by atoms with Crippen LogP contribution in [-0.2, 0) is 23.1 Å². The quantitative estimate of drug-likeness (QED) is 0.825. The first-order valence-electron chi connectivity index (χ1n) is 6.12. The minimum Gasteiger partial charge on any atom is -0.309 e. The Hall–Kier alpha value is -0.920. The number of hydrogen-bond donors (Lipinski definition) is 2. The molecule has 4 nitrogen and oxygen atoms in total. The van der Waals surface area contributed by atoms with Crippen molar-refractivity contribution >= 4 is 37.6 Å². The summed E-state index contributed by atoms with van der Waals surface area (Å²) in [6.07, 6.45) is 0. The SMILES string of the molecule is NS(=O)(=O)c1ccc(CNCc2ccc(Cl)c(Br)c2)cc1. The highest BCUT2D eigenvalue weighted by Crippen LogP contribution is 2.23. The van der Waals surface area contributed by atoms with E-state index in [-0.39, 0.29) is 4.90 Å². The zero-order chi connectivity index (χ0) is 15.5. The van der Waals surface area contributed by atoms with Gasteiger partial charge in [0.15, 0.2) is 0 Å². The molecule has 0 saturated carbocycles. The largest absolute Gasteiger partial charge is 0.309 e. The van der Waals surface area contributed by atoms with Crippen molar-refractivity contribution in [1.29, 1.82) is 0 Å². The molecule has 7 heteroatoms. The van der Waals surface area contributed by atoms with Crippen LogP contribution in [0.1, 0.15) is 11.1 Å². The fourth-order valence-electron chi connectivity index (χ4n) is 1.80. The highest BCUT2D eigenvalue weighted by atomic mass is 79.9. The molecular formula is C14H14BrClN2O2S. The molecule has 0 aromatic heterocycles. The van der Waals surface area contributed by atoms with Gasteiger partial charge in [0.2, 0.25) is 10.0 Å². The van der Waals surface area contributed by atoms with E-state index in [1.807, 2.05) is 18.2 Å². The normalized spacial score (nSPS) is 11.6. The predicted molar refractivity (Wildman–Crippen MR) is 87.5 cm³/mol. The van der Waals surface area contributed by atoms with E-state index in [0.29, 0.717) is 18.1 Å². The van der Waals surface area contributed by atoms with Crippen LogP contribution < -0.4 is 10.5 Å². The van der Waals surface area contributed by atoms with Crippen molar-refractivity contribution in [2.75, 3.05) is 0 Å². The third-order valence-corrected chi connectivity index (χ3v) is 5.04. The molecular weight excluding hydrogens is 376 g/mol. The van der Waals surface area contributed by atoms with Gasteiger partial charge >= 0.3 is 0 Å². The molecule has 2 aromatic rings. The lowest BCUT2D eigenvalue weighted by Crippen LogP contribution is -2.14. The molecule has 0 amide bonds. The molecule has 0 spiro atoms. The highest BCUT2D eigenvalue weighted by Gasteiger charge is 2.06.